The van der Waals surface area contributed by atoms with E-state index in [-0.39, 0.29) is 17.2 Å². The van der Waals surface area contributed by atoms with Crippen LogP contribution < -0.4 is 16.6 Å². The van der Waals surface area contributed by atoms with Crippen LogP contribution in [0.1, 0.15) is 34.1 Å². The molecule has 3 N–H and O–H groups in total. The van der Waals surface area contributed by atoms with Crippen molar-refractivity contribution < 1.29 is 9.59 Å². The number of nitrogens with one attached hydrogen (secondary N) is 1. The van der Waals surface area contributed by atoms with Crippen molar-refractivity contribution in [3.63, 3.8) is 0 Å². The molecule has 0 saturated carbocycles. The predicted octanol–water partition coefficient (Wildman–Crippen LogP) is 4.40. The van der Waals surface area contributed by atoms with E-state index in [2.05, 4.69) is 12.2 Å². The van der Waals surface area contributed by atoms with Crippen LogP contribution in [0.2, 0.25) is 0 Å². The monoisotopic (exact) mass is 504 g/mol. The highest BCUT2D eigenvalue weighted by Gasteiger charge is 2.25. The van der Waals surface area contributed by atoms with Crippen LogP contribution in [-0.4, -0.2) is 27.1 Å². The summed E-state index contributed by atoms with van der Waals surface area (Å²) in [5.41, 5.74) is 7.97. The molecular weight excluding hydrogens is 480 g/mol. The number of hydrogen-bond donors (Lipinski definition) is 2. The Morgan fingerprint density at radius 1 is 1.17 bits per heavy atom. The van der Waals surface area contributed by atoms with Gasteiger partial charge in [0.25, 0.3) is 5.56 Å². The smallest absolute Gasteiger partial charge is 0.267 e. The van der Waals surface area contributed by atoms with Crippen molar-refractivity contribution in [2.45, 2.75) is 31.3 Å². The molecule has 0 saturated heterocycles. The number of fused-ring (bicyclic) bond motifs is 3. The van der Waals surface area contributed by atoms with E-state index in [0.717, 1.165) is 35.3 Å². The normalized spacial score (nSPS) is 15.1. The Hall–Kier alpha value is -3.43. The molecule has 2 aromatic heterocycles. The first kappa shape index (κ1) is 23.3. The Labute approximate surface area is 210 Å². The molecule has 1 aliphatic rings. The van der Waals surface area contributed by atoms with Crippen molar-refractivity contribution in [3.05, 3.63) is 81.0 Å². The molecule has 0 unspecified atom stereocenters. The number of carbonyl (C=O) groups excluding carboxylic acids is 2. The van der Waals surface area contributed by atoms with Gasteiger partial charge in [-0.1, -0.05) is 36.9 Å². The number of aromatic nitrogens is 2. The maximum atomic E-state index is 13.8. The minimum atomic E-state index is -0.525. The van der Waals surface area contributed by atoms with E-state index >= 15 is 0 Å². The standard InChI is InChI=1S/C26H24N4O3S2/c1-15-7-12-19-20(13-15)35-24-22(19)25(33)30(18-5-3-2-4-6-18)26(29-24)34-14-21(31)28-17-10-8-16(9-11-17)23(27)32/h2-6,8-11,15H,7,12-14H2,1H3,(H2,27,32)(H,28,31)/t15-/m0/s1. The van der Waals surface area contributed by atoms with Crippen molar-refractivity contribution in [2.24, 2.45) is 11.7 Å². The third kappa shape index (κ3) is 4.74. The van der Waals surface area contributed by atoms with Gasteiger partial charge in [-0.3, -0.25) is 19.0 Å². The second-order valence-corrected chi connectivity index (χ2v) is 10.7. The number of hydrogen-bond acceptors (Lipinski definition) is 6. The number of benzene rings is 2. The van der Waals surface area contributed by atoms with Crippen LogP contribution in [-0.2, 0) is 17.6 Å². The molecule has 178 valence electrons. The van der Waals surface area contributed by atoms with Gasteiger partial charge in [0, 0.05) is 16.1 Å². The summed E-state index contributed by atoms with van der Waals surface area (Å²) in [6.07, 6.45) is 2.94. The van der Waals surface area contributed by atoms with Crippen molar-refractivity contribution in [1.82, 2.24) is 9.55 Å². The number of aryl methyl sites for hydroxylation is 1. The van der Waals surface area contributed by atoms with Crippen LogP contribution in [0.25, 0.3) is 15.9 Å². The van der Waals surface area contributed by atoms with Gasteiger partial charge in [-0.05, 0) is 67.1 Å². The number of rotatable bonds is 6. The van der Waals surface area contributed by atoms with Gasteiger partial charge < -0.3 is 11.1 Å². The van der Waals surface area contributed by atoms with Gasteiger partial charge in [-0.25, -0.2) is 4.98 Å². The highest BCUT2D eigenvalue weighted by Crippen LogP contribution is 2.37. The first-order valence-electron chi connectivity index (χ1n) is 11.4. The van der Waals surface area contributed by atoms with Gasteiger partial charge in [0.15, 0.2) is 5.16 Å². The lowest BCUT2D eigenvalue weighted by molar-refractivity contribution is -0.113. The van der Waals surface area contributed by atoms with E-state index in [4.69, 9.17) is 10.7 Å². The molecule has 0 fully saturated rings. The zero-order chi connectivity index (χ0) is 24.5. The molecule has 9 heteroatoms. The summed E-state index contributed by atoms with van der Waals surface area (Å²) in [6.45, 7) is 2.24. The molecular formula is C26H24N4O3S2. The van der Waals surface area contributed by atoms with Crippen LogP contribution in [0.3, 0.4) is 0 Å². The first-order chi connectivity index (χ1) is 16.9. The van der Waals surface area contributed by atoms with Crippen molar-refractivity contribution >= 4 is 50.8 Å². The number of nitrogens with zero attached hydrogens (tertiary/aromatic N) is 2. The molecule has 2 heterocycles. The van der Waals surface area contributed by atoms with E-state index in [1.807, 2.05) is 30.3 Å². The zero-order valence-corrected chi connectivity index (χ0v) is 20.7. The molecule has 35 heavy (non-hydrogen) atoms. The quantitative estimate of drug-likeness (QED) is 0.299. The van der Waals surface area contributed by atoms with Gasteiger partial charge in [0.05, 0.1) is 16.8 Å². The lowest BCUT2D eigenvalue weighted by atomic mass is 9.89. The number of amides is 2. The van der Waals surface area contributed by atoms with Crippen molar-refractivity contribution in [3.8, 4) is 5.69 Å². The van der Waals surface area contributed by atoms with Gasteiger partial charge in [-0.2, -0.15) is 0 Å². The predicted molar refractivity (Wildman–Crippen MR) is 141 cm³/mol. The second kappa shape index (κ2) is 9.67. The van der Waals surface area contributed by atoms with E-state index < -0.39 is 5.91 Å². The number of thioether (sulfide) groups is 1. The van der Waals surface area contributed by atoms with Crippen LogP contribution in [0.5, 0.6) is 0 Å². The molecule has 7 nitrogen and oxygen atoms in total. The fraction of sp³-hybridized carbons (Fsp3) is 0.231. The van der Waals surface area contributed by atoms with Crippen molar-refractivity contribution in [1.29, 1.82) is 0 Å². The number of primary amides is 1. The Morgan fingerprint density at radius 3 is 2.63 bits per heavy atom. The SMILES string of the molecule is C[C@H]1CCc2c(sc3nc(SCC(=O)Nc4ccc(C(N)=O)cc4)n(-c4ccccc4)c(=O)c23)C1. The molecule has 4 aromatic rings. The molecule has 0 spiro atoms. The van der Waals surface area contributed by atoms with Crippen LogP contribution >= 0.6 is 23.1 Å². The van der Waals surface area contributed by atoms with E-state index in [1.54, 1.807) is 40.2 Å². The Kier molecular flexibility index (Phi) is 6.44. The minimum absolute atomic E-state index is 0.0739. The van der Waals surface area contributed by atoms with Gasteiger partial charge in [0.2, 0.25) is 11.8 Å². The lowest BCUT2D eigenvalue weighted by Crippen LogP contribution is -2.23. The molecule has 1 atom stereocenters. The summed E-state index contributed by atoms with van der Waals surface area (Å²) in [7, 11) is 0. The maximum Gasteiger partial charge on any atom is 0.267 e. The summed E-state index contributed by atoms with van der Waals surface area (Å²) >= 11 is 2.83. The average molecular weight is 505 g/mol. The number of nitrogens with two attached hydrogens (primary N) is 1. The minimum Gasteiger partial charge on any atom is -0.366 e. The lowest BCUT2D eigenvalue weighted by Gasteiger charge is -2.17. The third-order valence-electron chi connectivity index (χ3n) is 6.10. The van der Waals surface area contributed by atoms with Crippen LogP contribution in [0, 0.1) is 5.92 Å². The maximum absolute atomic E-state index is 13.8. The Bertz CT molecular complexity index is 1480. The number of para-hydroxylation sites is 1. The number of carbonyl (C=O) groups is 2. The summed E-state index contributed by atoms with van der Waals surface area (Å²) in [6, 6.07) is 15.8. The fourth-order valence-corrected chi connectivity index (χ4v) is 6.55. The van der Waals surface area contributed by atoms with Gasteiger partial charge in [0.1, 0.15) is 4.83 Å². The average Bonchev–Trinajstić information content (AvgIpc) is 3.21. The highest BCUT2D eigenvalue weighted by atomic mass is 32.2. The number of anilines is 1. The van der Waals surface area contributed by atoms with Crippen LogP contribution in [0.15, 0.2) is 64.5 Å². The molecule has 0 bridgehead atoms. The van der Waals surface area contributed by atoms with Crippen LogP contribution in [0.4, 0.5) is 5.69 Å². The van der Waals surface area contributed by atoms with Gasteiger partial charge >= 0.3 is 0 Å². The summed E-state index contributed by atoms with van der Waals surface area (Å²) in [5, 5.41) is 4.01. The van der Waals surface area contributed by atoms with Gasteiger partial charge in [-0.15, -0.1) is 11.3 Å². The largest absolute Gasteiger partial charge is 0.366 e. The molecule has 1 aliphatic carbocycles. The summed E-state index contributed by atoms with van der Waals surface area (Å²) in [5.74, 6) is -0.0927. The van der Waals surface area contributed by atoms with Crippen molar-refractivity contribution in [2.75, 3.05) is 11.1 Å². The third-order valence-corrected chi connectivity index (χ3v) is 8.19. The Morgan fingerprint density at radius 2 is 1.91 bits per heavy atom. The van der Waals surface area contributed by atoms with E-state index in [9.17, 15) is 14.4 Å². The first-order valence-corrected chi connectivity index (χ1v) is 13.2. The fourth-order valence-electron chi connectivity index (χ4n) is 4.32. The topological polar surface area (TPSA) is 107 Å². The summed E-state index contributed by atoms with van der Waals surface area (Å²) in [4.78, 5) is 44.5. The summed E-state index contributed by atoms with van der Waals surface area (Å²) < 4.78 is 1.62. The van der Waals surface area contributed by atoms with E-state index in [1.165, 1.54) is 16.6 Å². The molecule has 2 aromatic carbocycles. The van der Waals surface area contributed by atoms with E-state index in [0.29, 0.717) is 27.7 Å². The number of thiophene rings is 1. The molecule has 0 aliphatic heterocycles. The zero-order valence-electron chi connectivity index (χ0n) is 19.1. The highest BCUT2D eigenvalue weighted by molar-refractivity contribution is 7.99. The molecule has 5 rings (SSSR count). The Balaban J connectivity index is 1.46. The molecule has 2 amide bonds. The second-order valence-electron chi connectivity index (χ2n) is 8.68. The molecule has 0 radical (unpaired) electrons.